The van der Waals surface area contributed by atoms with E-state index >= 15 is 0 Å². The van der Waals surface area contributed by atoms with Gasteiger partial charge in [-0.05, 0) is 36.2 Å². The SMILES string of the molecule is CC1CC(OCC(S)CN2CCN(Cc3ccccc3)CC2)CC(C)(C)C1.Cl.Cl. The fraction of sp³-hybridized carbons (Fsp3) is 0.739. The first-order valence-corrected chi connectivity index (χ1v) is 11.2. The molecule has 0 amide bonds. The molecule has 3 atom stereocenters. The second-order valence-electron chi connectivity index (χ2n) is 9.58. The van der Waals surface area contributed by atoms with Crippen molar-refractivity contribution < 1.29 is 4.74 Å². The molecule has 0 radical (unpaired) electrons. The maximum atomic E-state index is 6.28. The minimum absolute atomic E-state index is 0. The van der Waals surface area contributed by atoms with Crippen molar-refractivity contribution in [3.05, 3.63) is 35.9 Å². The Bertz CT molecular complexity index is 567. The van der Waals surface area contributed by atoms with E-state index in [-0.39, 0.29) is 24.8 Å². The van der Waals surface area contributed by atoms with Crippen molar-refractivity contribution in [1.82, 2.24) is 9.80 Å². The van der Waals surface area contributed by atoms with Gasteiger partial charge in [0.2, 0.25) is 0 Å². The number of piperazine rings is 1. The van der Waals surface area contributed by atoms with Gasteiger partial charge in [-0.3, -0.25) is 9.80 Å². The molecule has 1 heterocycles. The average Bonchev–Trinajstić information content (AvgIpc) is 2.61. The van der Waals surface area contributed by atoms with Gasteiger partial charge in [-0.15, -0.1) is 24.8 Å². The number of hydrogen-bond donors (Lipinski definition) is 1. The summed E-state index contributed by atoms with van der Waals surface area (Å²) in [4.78, 5) is 5.11. The van der Waals surface area contributed by atoms with Gasteiger partial charge in [0, 0.05) is 44.5 Å². The zero-order chi connectivity index (χ0) is 19.3. The molecule has 0 N–H and O–H groups in total. The van der Waals surface area contributed by atoms with Crippen LogP contribution in [0.4, 0.5) is 0 Å². The lowest BCUT2D eigenvalue weighted by Gasteiger charge is -2.39. The molecular weight excluding hydrogens is 423 g/mol. The molecule has 0 bridgehead atoms. The molecule has 1 aromatic rings. The van der Waals surface area contributed by atoms with Crippen LogP contribution in [0.5, 0.6) is 0 Å². The van der Waals surface area contributed by atoms with Gasteiger partial charge in [-0.1, -0.05) is 51.1 Å². The Labute approximate surface area is 196 Å². The molecule has 3 rings (SSSR count). The lowest BCUT2D eigenvalue weighted by atomic mass is 9.71. The fourth-order valence-corrected chi connectivity index (χ4v) is 5.27. The van der Waals surface area contributed by atoms with E-state index in [9.17, 15) is 0 Å². The minimum atomic E-state index is 0. The highest BCUT2D eigenvalue weighted by molar-refractivity contribution is 7.81. The first kappa shape index (κ1) is 27.1. The van der Waals surface area contributed by atoms with Crippen LogP contribution in [0.15, 0.2) is 30.3 Å². The van der Waals surface area contributed by atoms with E-state index in [2.05, 4.69) is 60.9 Å². The molecule has 1 aliphatic heterocycles. The highest BCUT2D eigenvalue weighted by atomic mass is 35.5. The van der Waals surface area contributed by atoms with E-state index in [1.807, 2.05) is 0 Å². The lowest BCUT2D eigenvalue weighted by Crippen LogP contribution is -2.48. The van der Waals surface area contributed by atoms with Crippen molar-refractivity contribution in [2.75, 3.05) is 39.3 Å². The monoisotopic (exact) mass is 462 g/mol. The summed E-state index contributed by atoms with van der Waals surface area (Å²) in [7, 11) is 0. The van der Waals surface area contributed by atoms with Crippen LogP contribution in [-0.2, 0) is 11.3 Å². The van der Waals surface area contributed by atoms with Crippen LogP contribution in [0, 0.1) is 11.3 Å². The summed E-state index contributed by atoms with van der Waals surface area (Å²) < 4.78 is 6.28. The van der Waals surface area contributed by atoms with Gasteiger partial charge < -0.3 is 4.74 Å². The van der Waals surface area contributed by atoms with E-state index in [1.165, 1.54) is 24.8 Å². The minimum Gasteiger partial charge on any atom is -0.377 e. The Morgan fingerprint density at radius 1 is 1.03 bits per heavy atom. The van der Waals surface area contributed by atoms with Crippen molar-refractivity contribution in [2.24, 2.45) is 11.3 Å². The Kier molecular flexibility index (Phi) is 11.9. The van der Waals surface area contributed by atoms with Crippen molar-refractivity contribution in [1.29, 1.82) is 0 Å². The normalized spacial score (nSPS) is 26.2. The zero-order valence-electron chi connectivity index (χ0n) is 18.3. The number of thiol groups is 1. The van der Waals surface area contributed by atoms with Gasteiger partial charge >= 0.3 is 0 Å². The number of halogens is 2. The predicted octanol–water partition coefficient (Wildman–Crippen LogP) is 5.18. The van der Waals surface area contributed by atoms with Gasteiger partial charge in [0.25, 0.3) is 0 Å². The smallest absolute Gasteiger partial charge is 0.0598 e. The molecule has 3 unspecified atom stereocenters. The predicted molar refractivity (Wildman–Crippen MR) is 132 cm³/mol. The molecular formula is C23H40Cl2N2OS. The van der Waals surface area contributed by atoms with E-state index in [1.54, 1.807) is 0 Å². The van der Waals surface area contributed by atoms with Crippen LogP contribution >= 0.6 is 37.4 Å². The molecule has 168 valence electrons. The lowest BCUT2D eigenvalue weighted by molar-refractivity contribution is -0.0244. The third kappa shape index (κ3) is 9.37. The summed E-state index contributed by atoms with van der Waals surface area (Å²) in [5.74, 6) is 0.773. The van der Waals surface area contributed by atoms with Gasteiger partial charge in [0.1, 0.15) is 0 Å². The van der Waals surface area contributed by atoms with Crippen LogP contribution in [0.1, 0.15) is 45.6 Å². The molecule has 2 fully saturated rings. The molecule has 0 aromatic heterocycles. The molecule has 1 saturated carbocycles. The number of ether oxygens (including phenoxy) is 1. The molecule has 1 aliphatic carbocycles. The number of nitrogens with zero attached hydrogens (tertiary/aromatic N) is 2. The first-order chi connectivity index (χ1) is 12.9. The molecule has 1 saturated heterocycles. The molecule has 3 nitrogen and oxygen atoms in total. The van der Waals surface area contributed by atoms with Crippen LogP contribution in [-0.4, -0.2) is 60.5 Å². The average molecular weight is 464 g/mol. The highest BCUT2D eigenvalue weighted by Gasteiger charge is 2.32. The zero-order valence-corrected chi connectivity index (χ0v) is 20.8. The van der Waals surface area contributed by atoms with Gasteiger partial charge in [0.15, 0.2) is 0 Å². The quantitative estimate of drug-likeness (QED) is 0.562. The second-order valence-corrected chi connectivity index (χ2v) is 10.3. The summed E-state index contributed by atoms with van der Waals surface area (Å²) in [5.41, 5.74) is 1.83. The van der Waals surface area contributed by atoms with Gasteiger partial charge in [-0.2, -0.15) is 12.6 Å². The van der Waals surface area contributed by atoms with Gasteiger partial charge in [-0.25, -0.2) is 0 Å². The highest BCUT2D eigenvalue weighted by Crippen LogP contribution is 2.39. The molecule has 0 spiro atoms. The number of benzene rings is 1. The van der Waals surface area contributed by atoms with Crippen molar-refractivity contribution >= 4 is 37.4 Å². The Morgan fingerprint density at radius 3 is 2.28 bits per heavy atom. The summed E-state index contributed by atoms with van der Waals surface area (Å²) in [5, 5.41) is 0.311. The molecule has 6 heteroatoms. The Balaban J connectivity index is 0.00000210. The van der Waals surface area contributed by atoms with Crippen molar-refractivity contribution in [3.8, 4) is 0 Å². The number of hydrogen-bond acceptors (Lipinski definition) is 4. The summed E-state index contributed by atoms with van der Waals surface area (Å²) in [6.07, 6.45) is 4.14. The fourth-order valence-electron chi connectivity index (χ4n) is 4.95. The second kappa shape index (κ2) is 12.8. The van der Waals surface area contributed by atoms with Gasteiger partial charge in [0.05, 0.1) is 12.7 Å². The summed E-state index contributed by atoms with van der Waals surface area (Å²) in [6, 6.07) is 10.8. The topological polar surface area (TPSA) is 15.7 Å². The van der Waals surface area contributed by atoms with Crippen molar-refractivity contribution in [2.45, 2.75) is 57.9 Å². The van der Waals surface area contributed by atoms with Crippen LogP contribution in [0.25, 0.3) is 0 Å². The number of rotatable bonds is 7. The van der Waals surface area contributed by atoms with E-state index < -0.39 is 0 Å². The Hall–Kier alpha value is 0.0300. The Morgan fingerprint density at radius 2 is 1.66 bits per heavy atom. The third-order valence-corrected chi connectivity index (χ3v) is 6.37. The molecule has 2 aliphatic rings. The molecule has 1 aromatic carbocycles. The largest absolute Gasteiger partial charge is 0.377 e. The maximum absolute atomic E-state index is 6.28. The summed E-state index contributed by atoms with van der Waals surface area (Å²) >= 11 is 4.83. The van der Waals surface area contributed by atoms with Crippen LogP contribution < -0.4 is 0 Å². The third-order valence-electron chi connectivity index (χ3n) is 6.05. The van der Waals surface area contributed by atoms with Crippen LogP contribution in [0.2, 0.25) is 0 Å². The van der Waals surface area contributed by atoms with Crippen LogP contribution in [0.3, 0.4) is 0 Å². The summed E-state index contributed by atoms with van der Waals surface area (Å²) in [6.45, 7) is 14.6. The van der Waals surface area contributed by atoms with Crippen molar-refractivity contribution in [3.63, 3.8) is 0 Å². The van der Waals surface area contributed by atoms with E-state index in [0.717, 1.165) is 51.8 Å². The maximum Gasteiger partial charge on any atom is 0.0598 e. The molecule has 29 heavy (non-hydrogen) atoms. The van der Waals surface area contributed by atoms with E-state index in [0.29, 0.717) is 16.8 Å². The van der Waals surface area contributed by atoms with E-state index in [4.69, 9.17) is 17.4 Å². The first-order valence-electron chi connectivity index (χ1n) is 10.7. The standard InChI is InChI=1S/C23H38N2OS.2ClH/c1-19-13-21(15-23(2,3)14-19)26-18-22(27)17-25-11-9-24(10-12-25)16-20-7-5-4-6-8-20;;/h4-8,19,21-22,27H,9-18H2,1-3H3;2*1H.